The molecule has 0 aliphatic rings. The summed E-state index contributed by atoms with van der Waals surface area (Å²) in [6.07, 6.45) is 3.78. The quantitative estimate of drug-likeness (QED) is 0.241. The van der Waals surface area contributed by atoms with Crippen molar-refractivity contribution < 1.29 is 0 Å². The number of hydrogen-bond acceptors (Lipinski definition) is 4. The zero-order valence-electron chi connectivity index (χ0n) is 19.1. The molecule has 2 N–H and O–H groups in total. The number of benzene rings is 4. The molecule has 0 aliphatic heterocycles. The van der Waals surface area contributed by atoms with E-state index in [4.69, 9.17) is 4.98 Å². The molecule has 0 spiro atoms. The molecule has 4 aromatic carbocycles. The fourth-order valence-corrected chi connectivity index (χ4v) is 6.61. The summed E-state index contributed by atoms with van der Waals surface area (Å²) in [4.78, 5) is 20.6. The first kappa shape index (κ1) is 19.1. The Morgan fingerprint density at radius 3 is 2.37 bits per heavy atom. The Hall–Kier alpha value is -4.29. The highest BCUT2D eigenvalue weighted by molar-refractivity contribution is 7.25. The van der Waals surface area contributed by atoms with Crippen LogP contribution >= 0.6 is 11.3 Å². The van der Waals surface area contributed by atoms with Gasteiger partial charge in [0.2, 0.25) is 0 Å². The number of fused-ring (bicyclic) bond motifs is 10. The minimum atomic E-state index is 0.916. The second-order valence-electron chi connectivity index (χ2n) is 9.23. The standard InChI is InChI=1S/C29H19N5S/c1-14-31-24-11-22-19-5-3-17(10-26(19)35-27(22)12-25(24)32-14)16-4-6-20-21(9-16)18-7-8-30-13-23(18)29-28(20)33-15(2)34-29/h3-13H,1-2H3,(H,31,32)(H,33,34). The lowest BCUT2D eigenvalue weighted by atomic mass is 9.96. The maximum absolute atomic E-state index is 4.75. The minimum Gasteiger partial charge on any atom is -0.342 e. The van der Waals surface area contributed by atoms with Crippen LogP contribution < -0.4 is 0 Å². The van der Waals surface area contributed by atoms with E-state index in [0.717, 1.165) is 39.1 Å². The van der Waals surface area contributed by atoms with Crippen molar-refractivity contribution in [1.82, 2.24) is 24.9 Å². The SMILES string of the molecule is Cc1nc2cc3sc4cc(-c5ccc6c(c5)c5ccncc5c5nc(C)[nH]c65)ccc4c3cc2[nH]1. The minimum absolute atomic E-state index is 0.916. The summed E-state index contributed by atoms with van der Waals surface area (Å²) >= 11 is 1.83. The number of H-pyrrole nitrogens is 2. The Labute approximate surface area is 203 Å². The molecule has 0 saturated heterocycles. The van der Waals surface area contributed by atoms with Crippen molar-refractivity contribution in [2.24, 2.45) is 0 Å². The van der Waals surface area contributed by atoms with Gasteiger partial charge in [-0.25, -0.2) is 9.97 Å². The summed E-state index contributed by atoms with van der Waals surface area (Å²) in [5, 5.41) is 7.22. The molecule has 0 amide bonds. The summed E-state index contributed by atoms with van der Waals surface area (Å²) in [5.74, 6) is 1.87. The second kappa shape index (κ2) is 6.64. The number of imidazole rings is 2. The lowest BCUT2D eigenvalue weighted by molar-refractivity contribution is 1.17. The van der Waals surface area contributed by atoms with Crippen LogP contribution in [-0.2, 0) is 0 Å². The number of nitrogens with one attached hydrogen (secondary N) is 2. The second-order valence-corrected chi connectivity index (χ2v) is 10.3. The summed E-state index contributed by atoms with van der Waals surface area (Å²) < 4.78 is 2.56. The molecular weight excluding hydrogens is 450 g/mol. The summed E-state index contributed by atoms with van der Waals surface area (Å²) in [7, 11) is 0. The Kier molecular flexibility index (Phi) is 3.62. The average molecular weight is 470 g/mol. The van der Waals surface area contributed by atoms with Gasteiger partial charge >= 0.3 is 0 Å². The number of aryl methyl sites for hydroxylation is 2. The van der Waals surface area contributed by atoms with Gasteiger partial charge in [-0.15, -0.1) is 11.3 Å². The predicted octanol–water partition coefficient (Wildman–Crippen LogP) is 7.79. The number of rotatable bonds is 1. The van der Waals surface area contributed by atoms with Gasteiger partial charge in [0.05, 0.1) is 22.1 Å². The van der Waals surface area contributed by atoms with Gasteiger partial charge < -0.3 is 9.97 Å². The van der Waals surface area contributed by atoms with Crippen molar-refractivity contribution in [2.75, 3.05) is 0 Å². The molecule has 166 valence electrons. The van der Waals surface area contributed by atoms with E-state index in [0.29, 0.717) is 0 Å². The lowest BCUT2D eigenvalue weighted by Gasteiger charge is -2.09. The van der Waals surface area contributed by atoms with E-state index in [1.54, 1.807) is 0 Å². The zero-order chi connectivity index (χ0) is 23.3. The van der Waals surface area contributed by atoms with Crippen molar-refractivity contribution in [3.8, 4) is 11.1 Å². The van der Waals surface area contributed by atoms with Crippen LogP contribution in [0.1, 0.15) is 11.6 Å². The van der Waals surface area contributed by atoms with Crippen LogP contribution in [0.5, 0.6) is 0 Å². The number of thiophene rings is 1. The first-order valence-electron chi connectivity index (χ1n) is 11.6. The maximum atomic E-state index is 4.75. The van der Waals surface area contributed by atoms with E-state index >= 15 is 0 Å². The Morgan fingerprint density at radius 2 is 1.46 bits per heavy atom. The molecule has 6 heteroatoms. The van der Waals surface area contributed by atoms with Gasteiger partial charge in [-0.1, -0.05) is 24.3 Å². The van der Waals surface area contributed by atoms with Crippen LogP contribution in [0.4, 0.5) is 0 Å². The van der Waals surface area contributed by atoms with E-state index in [9.17, 15) is 0 Å². The molecule has 0 radical (unpaired) electrons. The van der Waals surface area contributed by atoms with Crippen LogP contribution in [0.25, 0.3) is 74.9 Å². The molecule has 0 aliphatic carbocycles. The van der Waals surface area contributed by atoms with Gasteiger partial charge in [-0.3, -0.25) is 4.98 Å². The lowest BCUT2D eigenvalue weighted by Crippen LogP contribution is -1.85. The highest BCUT2D eigenvalue weighted by atomic mass is 32.1. The van der Waals surface area contributed by atoms with E-state index in [2.05, 4.69) is 74.5 Å². The molecule has 35 heavy (non-hydrogen) atoms. The third kappa shape index (κ3) is 2.65. The molecule has 5 nitrogen and oxygen atoms in total. The normalized spacial score (nSPS) is 12.3. The molecular formula is C29H19N5S. The first-order valence-corrected chi connectivity index (χ1v) is 12.4. The molecule has 0 saturated carbocycles. The zero-order valence-corrected chi connectivity index (χ0v) is 19.9. The monoisotopic (exact) mass is 469 g/mol. The van der Waals surface area contributed by atoms with Crippen LogP contribution in [-0.4, -0.2) is 24.9 Å². The number of nitrogens with zero attached hydrogens (tertiary/aromatic N) is 3. The predicted molar refractivity (Wildman–Crippen MR) is 146 cm³/mol. The molecule has 0 atom stereocenters. The van der Waals surface area contributed by atoms with Gasteiger partial charge in [-0.2, -0.15) is 0 Å². The van der Waals surface area contributed by atoms with Crippen molar-refractivity contribution in [3.63, 3.8) is 0 Å². The van der Waals surface area contributed by atoms with E-state index in [1.807, 2.05) is 37.6 Å². The third-order valence-electron chi connectivity index (χ3n) is 7.00. The van der Waals surface area contributed by atoms with Crippen molar-refractivity contribution in [1.29, 1.82) is 0 Å². The van der Waals surface area contributed by atoms with Crippen LogP contribution in [0.3, 0.4) is 0 Å². The Balaban J connectivity index is 1.37. The highest BCUT2D eigenvalue weighted by Crippen LogP contribution is 2.40. The Bertz CT molecular complexity index is 2140. The fraction of sp³-hybridized carbons (Fsp3) is 0.0690. The van der Waals surface area contributed by atoms with Crippen molar-refractivity contribution in [3.05, 3.63) is 78.6 Å². The smallest absolute Gasteiger partial charge is 0.104 e. The number of aromatic nitrogens is 5. The largest absolute Gasteiger partial charge is 0.342 e. The van der Waals surface area contributed by atoms with E-state index < -0.39 is 0 Å². The number of pyridine rings is 1. The maximum Gasteiger partial charge on any atom is 0.104 e. The molecule has 8 aromatic rings. The fourth-order valence-electron chi connectivity index (χ4n) is 5.45. The van der Waals surface area contributed by atoms with E-state index in [1.165, 1.54) is 47.5 Å². The number of aromatic amines is 2. The summed E-state index contributed by atoms with van der Waals surface area (Å²) in [6, 6.07) is 20.1. The summed E-state index contributed by atoms with van der Waals surface area (Å²) in [5.41, 5.74) is 6.60. The summed E-state index contributed by atoms with van der Waals surface area (Å²) in [6.45, 7) is 4.00. The van der Waals surface area contributed by atoms with Crippen LogP contribution in [0.15, 0.2) is 67.0 Å². The van der Waals surface area contributed by atoms with E-state index in [-0.39, 0.29) is 0 Å². The molecule has 4 aromatic heterocycles. The van der Waals surface area contributed by atoms with Crippen molar-refractivity contribution in [2.45, 2.75) is 13.8 Å². The topological polar surface area (TPSA) is 70.2 Å². The number of hydrogen-bond donors (Lipinski definition) is 2. The van der Waals surface area contributed by atoms with Gasteiger partial charge in [0.25, 0.3) is 0 Å². The van der Waals surface area contributed by atoms with Gasteiger partial charge in [-0.05, 0) is 66.1 Å². The first-order chi connectivity index (χ1) is 17.1. The van der Waals surface area contributed by atoms with Crippen LogP contribution in [0.2, 0.25) is 0 Å². The molecule has 0 unspecified atom stereocenters. The Morgan fingerprint density at radius 1 is 0.657 bits per heavy atom. The van der Waals surface area contributed by atoms with Crippen molar-refractivity contribution >= 4 is 75.1 Å². The van der Waals surface area contributed by atoms with Gasteiger partial charge in [0, 0.05) is 43.3 Å². The molecule has 4 heterocycles. The molecule has 8 rings (SSSR count). The molecule has 0 fully saturated rings. The third-order valence-corrected chi connectivity index (χ3v) is 8.12. The highest BCUT2D eigenvalue weighted by Gasteiger charge is 2.14. The average Bonchev–Trinajstić information content (AvgIpc) is 3.54. The van der Waals surface area contributed by atoms with Gasteiger partial charge in [0.15, 0.2) is 0 Å². The molecule has 0 bridgehead atoms. The van der Waals surface area contributed by atoms with Gasteiger partial charge in [0.1, 0.15) is 11.6 Å². The van der Waals surface area contributed by atoms with Crippen LogP contribution in [0, 0.1) is 13.8 Å².